The number of aromatic nitrogens is 4. The summed E-state index contributed by atoms with van der Waals surface area (Å²) >= 11 is 0. The van der Waals surface area contributed by atoms with Gasteiger partial charge in [0.15, 0.2) is 0 Å². The van der Waals surface area contributed by atoms with Gasteiger partial charge in [0, 0.05) is 41.8 Å². The van der Waals surface area contributed by atoms with Gasteiger partial charge in [-0.2, -0.15) is 5.10 Å². The maximum atomic E-state index is 12.8. The van der Waals surface area contributed by atoms with E-state index in [9.17, 15) is 4.79 Å². The SMILES string of the molecule is CNC1CCCN(C(=O)Cc2c(C)nn(-c3nc(C)cc(C)n3)c2C)C1. The van der Waals surface area contributed by atoms with E-state index < -0.39 is 0 Å². The predicted molar refractivity (Wildman–Crippen MR) is 100 cm³/mol. The van der Waals surface area contributed by atoms with E-state index in [-0.39, 0.29) is 5.91 Å². The van der Waals surface area contributed by atoms with Gasteiger partial charge in [0.1, 0.15) is 0 Å². The minimum absolute atomic E-state index is 0.164. The molecule has 2 aromatic heterocycles. The van der Waals surface area contributed by atoms with E-state index in [1.807, 2.05) is 45.7 Å². The molecule has 1 unspecified atom stereocenters. The largest absolute Gasteiger partial charge is 0.341 e. The molecule has 7 heteroatoms. The third-order valence-corrected chi connectivity index (χ3v) is 5.11. The third-order valence-electron chi connectivity index (χ3n) is 5.11. The van der Waals surface area contributed by atoms with Crippen molar-refractivity contribution in [1.82, 2.24) is 30.0 Å². The average Bonchev–Trinajstić information content (AvgIpc) is 2.89. The Morgan fingerprint density at radius 3 is 2.58 bits per heavy atom. The summed E-state index contributed by atoms with van der Waals surface area (Å²) in [6.45, 7) is 9.44. The third kappa shape index (κ3) is 3.77. The smallest absolute Gasteiger partial charge is 0.251 e. The Bertz CT molecular complexity index is 792. The number of nitrogens with zero attached hydrogens (tertiary/aromatic N) is 5. The molecule has 0 aliphatic carbocycles. The second kappa shape index (κ2) is 7.53. The van der Waals surface area contributed by atoms with Crippen molar-refractivity contribution < 1.29 is 4.79 Å². The number of likely N-dealkylation sites (tertiary alicyclic amines) is 1. The van der Waals surface area contributed by atoms with Crippen molar-refractivity contribution in [2.75, 3.05) is 20.1 Å². The Kier molecular flexibility index (Phi) is 5.36. The molecule has 26 heavy (non-hydrogen) atoms. The molecular formula is C19H28N6O. The molecule has 0 spiro atoms. The molecule has 3 heterocycles. The molecule has 1 fully saturated rings. The van der Waals surface area contributed by atoms with Crippen molar-refractivity contribution in [1.29, 1.82) is 0 Å². The van der Waals surface area contributed by atoms with E-state index in [0.717, 1.165) is 54.3 Å². The number of rotatable bonds is 4. The van der Waals surface area contributed by atoms with E-state index in [0.29, 0.717) is 18.4 Å². The molecule has 0 bridgehead atoms. The second-order valence-corrected chi connectivity index (χ2v) is 7.16. The fourth-order valence-corrected chi connectivity index (χ4v) is 3.63. The molecule has 1 aliphatic rings. The van der Waals surface area contributed by atoms with Crippen LogP contribution in [0.25, 0.3) is 5.95 Å². The lowest BCUT2D eigenvalue weighted by Gasteiger charge is -2.32. The monoisotopic (exact) mass is 356 g/mol. The van der Waals surface area contributed by atoms with Crippen molar-refractivity contribution >= 4 is 5.91 Å². The summed E-state index contributed by atoms with van der Waals surface area (Å²) in [7, 11) is 1.96. The molecule has 1 saturated heterocycles. The quantitative estimate of drug-likeness (QED) is 0.901. The molecule has 1 atom stereocenters. The fraction of sp³-hybridized carbons (Fsp3) is 0.579. The van der Waals surface area contributed by atoms with Crippen LogP contribution >= 0.6 is 0 Å². The maximum Gasteiger partial charge on any atom is 0.251 e. The maximum absolute atomic E-state index is 12.8. The lowest BCUT2D eigenvalue weighted by Crippen LogP contribution is -2.47. The first-order chi connectivity index (χ1) is 12.4. The van der Waals surface area contributed by atoms with Gasteiger partial charge in [0.05, 0.1) is 12.1 Å². The van der Waals surface area contributed by atoms with Crippen LogP contribution in [-0.2, 0) is 11.2 Å². The molecule has 140 valence electrons. The number of carbonyl (C=O) groups excluding carboxylic acids is 1. The molecule has 1 aliphatic heterocycles. The molecule has 0 saturated carbocycles. The highest BCUT2D eigenvalue weighted by atomic mass is 16.2. The van der Waals surface area contributed by atoms with Gasteiger partial charge in [-0.1, -0.05) is 0 Å². The van der Waals surface area contributed by atoms with Crippen molar-refractivity contribution in [2.24, 2.45) is 0 Å². The molecule has 1 N–H and O–H groups in total. The summed E-state index contributed by atoms with van der Waals surface area (Å²) in [5.41, 5.74) is 4.58. The molecular weight excluding hydrogens is 328 g/mol. The van der Waals surface area contributed by atoms with Gasteiger partial charge < -0.3 is 10.2 Å². The fourth-order valence-electron chi connectivity index (χ4n) is 3.63. The predicted octanol–water partition coefficient (Wildman–Crippen LogP) is 1.65. The van der Waals surface area contributed by atoms with Crippen LogP contribution in [0.1, 0.15) is 41.2 Å². The van der Waals surface area contributed by atoms with Crippen LogP contribution in [0.5, 0.6) is 0 Å². The number of carbonyl (C=O) groups is 1. The molecule has 0 aromatic carbocycles. The van der Waals surface area contributed by atoms with Gasteiger partial charge >= 0.3 is 0 Å². The minimum Gasteiger partial charge on any atom is -0.341 e. The highest BCUT2D eigenvalue weighted by molar-refractivity contribution is 5.79. The van der Waals surface area contributed by atoms with Crippen molar-refractivity contribution in [2.45, 2.75) is 53.0 Å². The van der Waals surface area contributed by atoms with Gasteiger partial charge in [-0.15, -0.1) is 0 Å². The lowest BCUT2D eigenvalue weighted by molar-refractivity contribution is -0.131. The summed E-state index contributed by atoms with van der Waals surface area (Å²) < 4.78 is 1.75. The van der Waals surface area contributed by atoms with Crippen LogP contribution in [-0.4, -0.2) is 56.7 Å². The Morgan fingerprint density at radius 2 is 1.92 bits per heavy atom. The molecule has 7 nitrogen and oxygen atoms in total. The first kappa shape index (κ1) is 18.5. The highest BCUT2D eigenvalue weighted by Crippen LogP contribution is 2.19. The molecule has 0 radical (unpaired) electrons. The number of likely N-dealkylation sites (N-methyl/N-ethyl adjacent to an activating group) is 1. The van der Waals surface area contributed by atoms with Gasteiger partial charge in [-0.3, -0.25) is 4.79 Å². The van der Waals surface area contributed by atoms with Crippen molar-refractivity contribution in [3.05, 3.63) is 34.4 Å². The van der Waals surface area contributed by atoms with Crippen LogP contribution in [0.15, 0.2) is 6.07 Å². The zero-order valence-corrected chi connectivity index (χ0v) is 16.3. The summed E-state index contributed by atoms with van der Waals surface area (Å²) in [4.78, 5) is 23.8. The normalized spacial score (nSPS) is 17.6. The van der Waals surface area contributed by atoms with Gasteiger partial charge in [-0.25, -0.2) is 14.6 Å². The topological polar surface area (TPSA) is 75.9 Å². The first-order valence-electron chi connectivity index (χ1n) is 9.22. The van der Waals surface area contributed by atoms with Crippen LogP contribution < -0.4 is 5.32 Å². The zero-order valence-electron chi connectivity index (χ0n) is 16.3. The Hall–Kier alpha value is -2.28. The summed E-state index contributed by atoms with van der Waals surface area (Å²) in [5, 5.41) is 7.89. The zero-order chi connectivity index (χ0) is 18.8. The number of nitrogens with one attached hydrogen (secondary N) is 1. The summed E-state index contributed by atoms with van der Waals surface area (Å²) in [5.74, 6) is 0.729. The van der Waals surface area contributed by atoms with E-state index in [1.54, 1.807) is 4.68 Å². The van der Waals surface area contributed by atoms with E-state index in [1.165, 1.54) is 0 Å². The number of aryl methyl sites for hydroxylation is 3. The molecule has 1 amide bonds. The summed E-state index contributed by atoms with van der Waals surface area (Å²) in [6, 6.07) is 2.33. The van der Waals surface area contributed by atoms with Gasteiger partial charge in [0.25, 0.3) is 5.95 Å². The number of hydrogen-bond donors (Lipinski definition) is 1. The van der Waals surface area contributed by atoms with Crippen molar-refractivity contribution in [3.63, 3.8) is 0 Å². The van der Waals surface area contributed by atoms with Gasteiger partial charge in [0.2, 0.25) is 5.91 Å². The summed E-state index contributed by atoms with van der Waals surface area (Å²) in [6.07, 6.45) is 2.55. The van der Waals surface area contributed by atoms with E-state index >= 15 is 0 Å². The Labute approximate surface area is 154 Å². The Morgan fingerprint density at radius 1 is 1.23 bits per heavy atom. The van der Waals surface area contributed by atoms with E-state index in [2.05, 4.69) is 20.4 Å². The van der Waals surface area contributed by atoms with Crippen LogP contribution in [0.2, 0.25) is 0 Å². The number of hydrogen-bond acceptors (Lipinski definition) is 5. The standard InChI is InChI=1S/C19H28N6O/c1-12-9-13(2)22-19(21-12)25-15(4)17(14(3)23-25)10-18(26)24-8-6-7-16(11-24)20-5/h9,16,20H,6-8,10-11H2,1-5H3. The number of amides is 1. The first-order valence-corrected chi connectivity index (χ1v) is 9.22. The highest BCUT2D eigenvalue weighted by Gasteiger charge is 2.25. The lowest BCUT2D eigenvalue weighted by atomic mass is 10.0. The van der Waals surface area contributed by atoms with E-state index in [4.69, 9.17) is 0 Å². The van der Waals surface area contributed by atoms with Crippen molar-refractivity contribution in [3.8, 4) is 5.95 Å². The van der Waals surface area contributed by atoms with Crippen LogP contribution in [0, 0.1) is 27.7 Å². The van der Waals surface area contributed by atoms with Crippen LogP contribution in [0.4, 0.5) is 0 Å². The second-order valence-electron chi connectivity index (χ2n) is 7.16. The minimum atomic E-state index is 0.164. The average molecular weight is 356 g/mol. The van der Waals surface area contributed by atoms with Crippen LogP contribution in [0.3, 0.4) is 0 Å². The Balaban J connectivity index is 1.83. The molecule has 3 rings (SSSR count). The number of piperidine rings is 1. The van der Waals surface area contributed by atoms with Gasteiger partial charge in [-0.05, 0) is 53.7 Å². The molecule has 2 aromatic rings.